The molecule has 2 aliphatic carbocycles. The molecule has 2 fully saturated rings. The van der Waals surface area contributed by atoms with Gasteiger partial charge in [0.15, 0.2) is 17.3 Å². The molecule has 0 bridgehead atoms. The number of Topliss-reactive ketones (excluding diaryl/α,β-unsaturated/α-hetero) is 1. The molecule has 2 heterocycles. The highest BCUT2D eigenvalue weighted by molar-refractivity contribution is 6.04. The number of fused-ring (bicyclic) bond motifs is 3. The van der Waals surface area contributed by atoms with Crippen LogP contribution in [0.25, 0.3) is 0 Å². The number of carbonyl (C=O) groups excluding carboxylic acids is 3. The van der Waals surface area contributed by atoms with E-state index in [1.807, 2.05) is 56.3 Å². The summed E-state index contributed by atoms with van der Waals surface area (Å²) in [5.74, 6) is -3.80. The van der Waals surface area contributed by atoms with E-state index in [4.69, 9.17) is 29.4 Å². The maximum absolute atomic E-state index is 13.8. The van der Waals surface area contributed by atoms with Gasteiger partial charge in [0.05, 0.1) is 32.2 Å². The summed E-state index contributed by atoms with van der Waals surface area (Å²) in [5.41, 5.74) is 7.30. The molecule has 4 aliphatic rings. The number of aliphatic hydroxyl groups is 2. The number of amides is 1. The van der Waals surface area contributed by atoms with Crippen molar-refractivity contribution in [3.8, 4) is 11.5 Å². The summed E-state index contributed by atoms with van der Waals surface area (Å²) < 4.78 is 30.0. The number of nitrogens with two attached hydrogens (primary N) is 1. The van der Waals surface area contributed by atoms with Crippen molar-refractivity contribution in [1.82, 2.24) is 4.90 Å². The molecule has 0 saturated carbocycles. The van der Waals surface area contributed by atoms with Crippen molar-refractivity contribution in [3.05, 3.63) is 95.1 Å². The van der Waals surface area contributed by atoms with E-state index < -0.39 is 47.7 Å². The zero-order chi connectivity index (χ0) is 41.1. The van der Waals surface area contributed by atoms with E-state index in [0.717, 1.165) is 30.4 Å². The van der Waals surface area contributed by atoms with Crippen molar-refractivity contribution >= 4 is 17.8 Å². The highest BCUT2D eigenvalue weighted by Gasteiger charge is 2.57. The van der Waals surface area contributed by atoms with Crippen LogP contribution in [-0.2, 0) is 36.6 Å². The molecule has 57 heavy (non-hydrogen) atoms. The first kappa shape index (κ1) is 42.3. The Labute approximate surface area is 335 Å². The molecule has 0 spiro atoms. The van der Waals surface area contributed by atoms with Gasteiger partial charge < -0.3 is 44.5 Å². The van der Waals surface area contributed by atoms with E-state index >= 15 is 0 Å². The zero-order valence-corrected chi connectivity index (χ0v) is 33.8. The molecule has 2 aliphatic heterocycles. The minimum absolute atomic E-state index is 0.0331. The lowest BCUT2D eigenvalue weighted by Gasteiger charge is -2.40. The van der Waals surface area contributed by atoms with Gasteiger partial charge in [0.2, 0.25) is 0 Å². The molecule has 2 aromatic carbocycles. The Morgan fingerprint density at radius 1 is 1.04 bits per heavy atom. The summed E-state index contributed by atoms with van der Waals surface area (Å²) in [6, 6.07) is 14.3. The molecule has 12 heteroatoms. The number of esters is 1. The second kappa shape index (κ2) is 17.7. The second-order valence-electron chi connectivity index (χ2n) is 16.4. The Kier molecular flexibility index (Phi) is 13.1. The molecule has 6 rings (SSSR count). The fourth-order valence-corrected chi connectivity index (χ4v) is 9.25. The van der Waals surface area contributed by atoms with E-state index in [1.165, 1.54) is 7.11 Å². The van der Waals surface area contributed by atoms with Crippen LogP contribution in [0.1, 0.15) is 70.9 Å². The van der Waals surface area contributed by atoms with Crippen molar-refractivity contribution in [2.24, 2.45) is 29.4 Å². The van der Waals surface area contributed by atoms with E-state index in [0.29, 0.717) is 36.2 Å². The number of nitrogens with zero attached hydrogens (tertiary/aromatic N) is 1. The first-order chi connectivity index (χ1) is 27.1. The maximum atomic E-state index is 13.8. The number of ketones is 1. The largest absolute Gasteiger partial charge is 0.493 e. The summed E-state index contributed by atoms with van der Waals surface area (Å²) in [5, 5.41) is 24.4. The number of likely N-dealkylation sites (tertiary alicyclic amines) is 1. The molecule has 7 unspecified atom stereocenters. The number of piperidine rings is 1. The van der Waals surface area contributed by atoms with Gasteiger partial charge in [0.1, 0.15) is 12.2 Å². The van der Waals surface area contributed by atoms with E-state index in [2.05, 4.69) is 13.5 Å². The van der Waals surface area contributed by atoms with Crippen LogP contribution in [0.3, 0.4) is 0 Å². The van der Waals surface area contributed by atoms with Gasteiger partial charge in [-0.3, -0.25) is 9.59 Å². The molecule has 1 amide bonds. The lowest BCUT2D eigenvalue weighted by molar-refractivity contribution is -0.384. The zero-order valence-electron chi connectivity index (χ0n) is 33.8. The highest BCUT2D eigenvalue weighted by Crippen LogP contribution is 2.51. The molecular formula is C45H58N2O10. The Morgan fingerprint density at radius 3 is 2.49 bits per heavy atom. The Bertz CT molecular complexity index is 1880. The van der Waals surface area contributed by atoms with E-state index in [-0.39, 0.29) is 61.0 Å². The first-order valence-electron chi connectivity index (χ1n) is 20.1. The van der Waals surface area contributed by atoms with Gasteiger partial charge in [0.25, 0.3) is 5.97 Å². The van der Waals surface area contributed by atoms with Gasteiger partial charge in [0, 0.05) is 37.4 Å². The topological polar surface area (TPSA) is 167 Å². The SMILES string of the molecule is C=C(C)C1C[C@@H](C)C2C(C=C(COC(=O)Cc3ccc(OC(=O)N4CCCCC4CN)c(OC)c3)CC3(O)C(=O)C(C)=CC23)C(C)O[C@](O)(Cc2ccccc2)O1. The normalized spacial score (nSPS) is 31.6. The highest BCUT2D eigenvalue weighted by atomic mass is 16.8. The fourth-order valence-electron chi connectivity index (χ4n) is 9.25. The van der Waals surface area contributed by atoms with E-state index in [1.54, 1.807) is 30.0 Å². The smallest absolute Gasteiger partial charge is 0.415 e. The summed E-state index contributed by atoms with van der Waals surface area (Å²) in [6.45, 7) is 12.4. The third-order valence-electron chi connectivity index (χ3n) is 12.1. The maximum Gasteiger partial charge on any atom is 0.415 e. The monoisotopic (exact) mass is 786 g/mol. The summed E-state index contributed by atoms with van der Waals surface area (Å²) in [4.78, 5) is 41.8. The van der Waals surface area contributed by atoms with Crippen LogP contribution in [0.5, 0.6) is 11.5 Å². The lowest BCUT2D eigenvalue weighted by Crippen LogP contribution is -2.48. The van der Waals surface area contributed by atoms with Gasteiger partial charge >= 0.3 is 12.1 Å². The average Bonchev–Trinajstić information content (AvgIpc) is 3.32. The molecule has 0 aromatic heterocycles. The molecular weight excluding hydrogens is 728 g/mol. The standard InChI is InChI=1S/C45H58N2O10/c1-27(2)38-19-28(3)41-35(30(5)56-45(52,57-38)24-31-12-8-7-9-13-31)20-33(23-44(51)36(41)18-29(4)42(44)49)26-54-40(48)22-32-15-16-37(39(21-32)53-6)55-43(50)47-17-11-10-14-34(47)25-46/h7-9,12-13,15-16,18,20-21,28,30,34-36,38,41,51-52H,1,10-11,14,17,19,22-26,46H2,2-6H3/t28-,30?,34?,35?,36?,38?,41?,44?,45-/m1/s1. The summed E-state index contributed by atoms with van der Waals surface area (Å²) >= 11 is 0. The van der Waals surface area contributed by atoms with Crippen molar-refractivity contribution in [3.63, 3.8) is 0 Å². The molecule has 2 aromatic rings. The number of ether oxygens (including phenoxy) is 5. The number of hydrogen-bond acceptors (Lipinski definition) is 11. The van der Waals surface area contributed by atoms with Gasteiger partial charge in [-0.2, -0.15) is 0 Å². The van der Waals surface area contributed by atoms with Crippen LogP contribution >= 0.6 is 0 Å². The molecule has 9 atom stereocenters. The number of benzene rings is 2. The average molecular weight is 787 g/mol. The lowest BCUT2D eigenvalue weighted by atomic mass is 9.67. The van der Waals surface area contributed by atoms with Gasteiger partial charge in [-0.05, 0) is 92.7 Å². The van der Waals surface area contributed by atoms with Crippen LogP contribution in [0.2, 0.25) is 0 Å². The molecule has 2 saturated heterocycles. The Balaban J connectivity index is 1.23. The molecule has 0 radical (unpaired) electrons. The second-order valence-corrected chi connectivity index (χ2v) is 16.4. The number of hydrogen-bond donors (Lipinski definition) is 3. The van der Waals surface area contributed by atoms with Gasteiger partial charge in [-0.1, -0.05) is 67.6 Å². The third kappa shape index (κ3) is 9.37. The van der Waals surface area contributed by atoms with Crippen molar-refractivity contribution in [1.29, 1.82) is 0 Å². The number of rotatable bonds is 10. The van der Waals surface area contributed by atoms with Crippen LogP contribution in [-0.4, -0.2) is 89.6 Å². The third-order valence-corrected chi connectivity index (χ3v) is 12.1. The molecule has 308 valence electrons. The predicted molar refractivity (Wildman–Crippen MR) is 213 cm³/mol. The Hall–Kier alpha value is -4.33. The van der Waals surface area contributed by atoms with Crippen molar-refractivity contribution in [2.75, 3.05) is 26.8 Å². The predicted octanol–water partition coefficient (Wildman–Crippen LogP) is 5.83. The van der Waals surface area contributed by atoms with Crippen molar-refractivity contribution in [2.45, 2.75) is 102 Å². The molecule has 12 nitrogen and oxygen atoms in total. The fraction of sp³-hybridized carbons (Fsp3) is 0.533. The van der Waals surface area contributed by atoms with Crippen LogP contribution in [0.15, 0.2) is 84.0 Å². The van der Waals surface area contributed by atoms with Crippen LogP contribution < -0.4 is 15.2 Å². The van der Waals surface area contributed by atoms with E-state index in [9.17, 15) is 24.6 Å². The number of methoxy groups -OCH3 is 1. The van der Waals surface area contributed by atoms with Gasteiger partial charge in [-0.15, -0.1) is 0 Å². The number of carbonyl (C=O) groups is 3. The van der Waals surface area contributed by atoms with Gasteiger partial charge in [-0.25, -0.2) is 4.79 Å². The minimum Gasteiger partial charge on any atom is -0.493 e. The van der Waals surface area contributed by atoms with Crippen molar-refractivity contribution < 1.29 is 48.3 Å². The first-order valence-corrected chi connectivity index (χ1v) is 20.1. The summed E-state index contributed by atoms with van der Waals surface area (Å²) in [7, 11) is 1.46. The summed E-state index contributed by atoms with van der Waals surface area (Å²) in [6.07, 6.45) is 5.20. The van der Waals surface area contributed by atoms with Crippen LogP contribution in [0, 0.1) is 23.7 Å². The molecule has 4 N–H and O–H groups in total. The quantitative estimate of drug-likeness (QED) is 0.196. The minimum atomic E-state index is -2.01. The van der Waals surface area contributed by atoms with Crippen LogP contribution in [0.4, 0.5) is 4.79 Å². The Morgan fingerprint density at radius 2 is 1.79 bits per heavy atom.